The number of hydrogen-bond donors (Lipinski definition) is 2. The lowest BCUT2D eigenvalue weighted by molar-refractivity contribution is -0.0448. The Balaban J connectivity index is 1.56. The van der Waals surface area contributed by atoms with Crippen LogP contribution in [0, 0.1) is 0 Å². The molecular formula is C13H21N3O3S2. The van der Waals surface area contributed by atoms with Crippen LogP contribution in [0.3, 0.4) is 0 Å². The molecule has 3 N–H and O–H groups in total. The molecule has 1 aromatic rings. The molecule has 0 aliphatic carbocycles. The Hall–Kier alpha value is -0.510. The van der Waals surface area contributed by atoms with Crippen LogP contribution in [0.15, 0.2) is 15.7 Å². The van der Waals surface area contributed by atoms with E-state index in [4.69, 9.17) is 10.5 Å². The molecule has 0 spiro atoms. The van der Waals surface area contributed by atoms with Crippen molar-refractivity contribution in [2.75, 3.05) is 26.2 Å². The first-order chi connectivity index (χ1) is 10.1. The van der Waals surface area contributed by atoms with Crippen LogP contribution in [0.1, 0.15) is 18.4 Å². The minimum atomic E-state index is -3.46. The number of nitrogens with one attached hydrogen (secondary N) is 1. The van der Waals surface area contributed by atoms with Crippen LogP contribution >= 0.6 is 11.3 Å². The van der Waals surface area contributed by atoms with Crippen LogP contribution in [0.5, 0.6) is 0 Å². The molecule has 2 aliphatic rings. The average Bonchev–Trinajstić information content (AvgIpc) is 3.13. The lowest BCUT2D eigenvalue weighted by Crippen LogP contribution is -2.49. The van der Waals surface area contributed by atoms with E-state index in [9.17, 15) is 8.42 Å². The summed E-state index contributed by atoms with van der Waals surface area (Å²) in [6, 6.07) is 2.16. The average molecular weight is 331 g/mol. The van der Waals surface area contributed by atoms with Crippen LogP contribution in [-0.2, 0) is 21.3 Å². The van der Waals surface area contributed by atoms with E-state index in [-0.39, 0.29) is 6.10 Å². The number of rotatable bonds is 5. The first kappa shape index (κ1) is 15.4. The summed E-state index contributed by atoms with van der Waals surface area (Å²) in [5, 5.41) is 1.78. The molecule has 6 nitrogen and oxygen atoms in total. The van der Waals surface area contributed by atoms with Crippen LogP contribution in [-0.4, -0.2) is 51.7 Å². The minimum Gasteiger partial charge on any atom is -0.374 e. The van der Waals surface area contributed by atoms with Crippen molar-refractivity contribution < 1.29 is 13.2 Å². The van der Waals surface area contributed by atoms with Crippen molar-refractivity contribution in [3.05, 3.63) is 17.0 Å². The Kier molecular flexibility index (Phi) is 4.63. The van der Waals surface area contributed by atoms with Gasteiger partial charge in [-0.1, -0.05) is 0 Å². The van der Waals surface area contributed by atoms with Gasteiger partial charge >= 0.3 is 0 Å². The molecule has 2 unspecified atom stereocenters. The van der Waals surface area contributed by atoms with Gasteiger partial charge in [0.2, 0.25) is 10.0 Å². The molecular weight excluding hydrogens is 310 g/mol. The molecule has 1 aromatic heterocycles. The van der Waals surface area contributed by atoms with E-state index in [1.54, 1.807) is 11.4 Å². The molecule has 21 heavy (non-hydrogen) atoms. The zero-order valence-electron chi connectivity index (χ0n) is 11.8. The fraction of sp³-hybridized carbons (Fsp3) is 0.692. The Morgan fingerprint density at radius 1 is 1.52 bits per heavy atom. The van der Waals surface area contributed by atoms with Gasteiger partial charge in [-0.05, 0) is 36.4 Å². The molecule has 3 rings (SSSR count). The smallest absolute Gasteiger partial charge is 0.250 e. The highest BCUT2D eigenvalue weighted by atomic mass is 32.2. The summed E-state index contributed by atoms with van der Waals surface area (Å²) < 4.78 is 33.2. The third-order valence-corrected chi connectivity index (χ3v) is 7.00. The predicted molar refractivity (Wildman–Crippen MR) is 81.7 cm³/mol. The quantitative estimate of drug-likeness (QED) is 0.813. The highest BCUT2D eigenvalue weighted by Gasteiger charge is 2.32. The maximum Gasteiger partial charge on any atom is 0.250 e. The van der Waals surface area contributed by atoms with Crippen molar-refractivity contribution in [1.29, 1.82) is 0 Å². The Labute approximate surface area is 129 Å². The summed E-state index contributed by atoms with van der Waals surface area (Å²) in [5.41, 5.74) is 6.35. The zero-order chi connectivity index (χ0) is 14.9. The fourth-order valence-electron chi connectivity index (χ4n) is 2.88. The van der Waals surface area contributed by atoms with Crippen molar-refractivity contribution in [2.24, 2.45) is 5.73 Å². The molecule has 2 fully saturated rings. The van der Waals surface area contributed by atoms with Gasteiger partial charge in [-0.15, -0.1) is 11.3 Å². The van der Waals surface area contributed by atoms with Gasteiger partial charge in [0, 0.05) is 25.7 Å². The van der Waals surface area contributed by atoms with Gasteiger partial charge in [-0.2, -0.15) is 0 Å². The lowest BCUT2D eigenvalue weighted by Gasteiger charge is -2.35. The minimum absolute atomic E-state index is 0.0666. The van der Waals surface area contributed by atoms with E-state index in [0.29, 0.717) is 29.9 Å². The van der Waals surface area contributed by atoms with Crippen LogP contribution in [0.4, 0.5) is 0 Å². The molecule has 8 heteroatoms. The van der Waals surface area contributed by atoms with Crippen molar-refractivity contribution in [2.45, 2.75) is 35.7 Å². The number of thiophene rings is 1. The first-order valence-corrected chi connectivity index (χ1v) is 9.57. The number of hydrogen-bond acceptors (Lipinski definition) is 6. The first-order valence-electron chi connectivity index (χ1n) is 7.21. The molecule has 0 amide bonds. The molecule has 2 saturated heterocycles. The normalized spacial score (nSPS) is 26.9. The lowest BCUT2D eigenvalue weighted by atomic mass is 10.2. The Morgan fingerprint density at radius 2 is 2.38 bits per heavy atom. The third-order valence-electron chi connectivity index (χ3n) is 4.09. The van der Waals surface area contributed by atoms with E-state index in [2.05, 4.69) is 9.62 Å². The number of nitrogens with two attached hydrogens (primary N) is 1. The standard InChI is InChI=1S/C13H21N3O3S2/c14-5-10-4-13(20-9-10)21(17,18)15-6-12-7-16-3-1-2-11(16)8-19-12/h4,9,11-12,15H,1-3,5-8,14H2. The van der Waals surface area contributed by atoms with Crippen LogP contribution in [0.25, 0.3) is 0 Å². The Bertz CT molecular complexity index is 587. The molecule has 0 saturated carbocycles. The maximum absolute atomic E-state index is 12.2. The van der Waals surface area contributed by atoms with E-state index in [1.807, 2.05) is 0 Å². The summed E-state index contributed by atoms with van der Waals surface area (Å²) in [4.78, 5) is 2.40. The highest BCUT2D eigenvalue weighted by molar-refractivity contribution is 7.91. The molecule has 3 heterocycles. The van der Waals surface area contributed by atoms with Crippen molar-refractivity contribution in [1.82, 2.24) is 9.62 Å². The molecule has 2 atom stereocenters. The second kappa shape index (κ2) is 6.31. The third kappa shape index (κ3) is 3.46. The fourth-order valence-corrected chi connectivity index (χ4v) is 5.22. The number of ether oxygens (including phenoxy) is 1. The maximum atomic E-state index is 12.2. The molecule has 0 aromatic carbocycles. The van der Waals surface area contributed by atoms with Crippen LogP contribution in [0.2, 0.25) is 0 Å². The topological polar surface area (TPSA) is 84.7 Å². The largest absolute Gasteiger partial charge is 0.374 e. The van der Waals surface area contributed by atoms with Gasteiger partial charge in [-0.25, -0.2) is 13.1 Å². The highest BCUT2D eigenvalue weighted by Crippen LogP contribution is 2.23. The van der Waals surface area contributed by atoms with Gasteiger partial charge in [0.15, 0.2) is 0 Å². The van der Waals surface area contributed by atoms with Gasteiger partial charge in [0.25, 0.3) is 0 Å². The van der Waals surface area contributed by atoms with Crippen molar-refractivity contribution in [3.63, 3.8) is 0 Å². The van der Waals surface area contributed by atoms with Crippen LogP contribution < -0.4 is 10.5 Å². The van der Waals surface area contributed by atoms with Gasteiger partial charge in [-0.3, -0.25) is 4.90 Å². The molecule has 118 valence electrons. The second-order valence-corrected chi connectivity index (χ2v) is 8.48. The number of fused-ring (bicyclic) bond motifs is 1. The van der Waals surface area contributed by atoms with Crippen molar-refractivity contribution >= 4 is 21.4 Å². The molecule has 0 bridgehead atoms. The number of nitrogens with zero attached hydrogens (tertiary/aromatic N) is 1. The van der Waals surface area contributed by atoms with Gasteiger partial charge < -0.3 is 10.5 Å². The summed E-state index contributed by atoms with van der Waals surface area (Å²) in [6.07, 6.45) is 2.34. The van der Waals surface area contributed by atoms with E-state index >= 15 is 0 Å². The predicted octanol–water partition coefficient (Wildman–Crippen LogP) is 0.348. The summed E-state index contributed by atoms with van der Waals surface area (Å²) >= 11 is 1.20. The molecule has 2 aliphatic heterocycles. The van der Waals surface area contributed by atoms with E-state index in [0.717, 1.165) is 18.7 Å². The van der Waals surface area contributed by atoms with E-state index in [1.165, 1.54) is 24.2 Å². The monoisotopic (exact) mass is 331 g/mol. The van der Waals surface area contributed by atoms with E-state index < -0.39 is 10.0 Å². The van der Waals surface area contributed by atoms with Crippen molar-refractivity contribution in [3.8, 4) is 0 Å². The van der Waals surface area contributed by atoms with Gasteiger partial charge in [0.1, 0.15) is 4.21 Å². The summed E-state index contributed by atoms with van der Waals surface area (Å²) in [6.45, 7) is 3.30. The summed E-state index contributed by atoms with van der Waals surface area (Å²) in [5.74, 6) is 0. The SMILES string of the molecule is NCc1csc(S(=O)(=O)NCC2CN3CCCC3CO2)c1. The second-order valence-electron chi connectivity index (χ2n) is 5.58. The number of morpholine rings is 1. The molecule has 0 radical (unpaired) electrons. The Morgan fingerprint density at radius 3 is 3.14 bits per heavy atom. The summed E-state index contributed by atoms with van der Waals surface area (Å²) in [7, 11) is -3.46. The number of sulfonamides is 1. The van der Waals surface area contributed by atoms with Gasteiger partial charge in [0.05, 0.1) is 12.7 Å². The zero-order valence-corrected chi connectivity index (χ0v) is 13.5.